The van der Waals surface area contributed by atoms with Gasteiger partial charge in [0.1, 0.15) is 11.8 Å². The van der Waals surface area contributed by atoms with Gasteiger partial charge in [0.15, 0.2) is 17.3 Å². The summed E-state index contributed by atoms with van der Waals surface area (Å²) in [6.45, 7) is 10.4. The fourth-order valence-corrected chi connectivity index (χ4v) is 3.89. The normalized spacial score (nSPS) is 12.0. The molecule has 0 aliphatic rings. The Hall–Kier alpha value is -3.60. The van der Waals surface area contributed by atoms with Crippen LogP contribution in [-0.4, -0.2) is 67.3 Å². The molecular formula is C27H40N4O7. The van der Waals surface area contributed by atoms with Crippen molar-refractivity contribution in [3.05, 3.63) is 35.6 Å². The van der Waals surface area contributed by atoms with E-state index in [1.165, 1.54) is 19.1 Å². The van der Waals surface area contributed by atoms with Gasteiger partial charge < -0.3 is 34.3 Å². The highest BCUT2D eigenvalue weighted by Crippen LogP contribution is 2.38. The standard InChI is InChI=1S/C27H40N4O7/c1-8-37-16-10-15-31(23(33)14-13-22(32)28-21-17-18(2)38-30-21)24(26(34)29-27(3,4)5)19-11-9-12-20(35-6)25(19)36-7/h9,11-12,17,24H,8,10,13-16H2,1-7H3,(H,29,34)(H,28,30,32)/t24-/m1/s1. The van der Waals surface area contributed by atoms with Gasteiger partial charge in [-0.2, -0.15) is 0 Å². The van der Waals surface area contributed by atoms with E-state index in [0.29, 0.717) is 42.5 Å². The van der Waals surface area contributed by atoms with Crippen molar-refractivity contribution >= 4 is 23.5 Å². The molecule has 2 aromatic rings. The van der Waals surface area contributed by atoms with Crippen molar-refractivity contribution in [2.24, 2.45) is 0 Å². The quantitative estimate of drug-likeness (QED) is 0.353. The van der Waals surface area contributed by atoms with Crippen LogP contribution in [-0.2, 0) is 19.1 Å². The monoisotopic (exact) mass is 532 g/mol. The third-order valence-electron chi connectivity index (χ3n) is 5.46. The minimum atomic E-state index is -1.03. The molecule has 1 atom stereocenters. The lowest BCUT2D eigenvalue weighted by molar-refractivity contribution is -0.142. The van der Waals surface area contributed by atoms with Crippen molar-refractivity contribution in [2.45, 2.75) is 65.5 Å². The van der Waals surface area contributed by atoms with Gasteiger partial charge in [-0.25, -0.2) is 0 Å². The van der Waals surface area contributed by atoms with Crippen LogP contribution < -0.4 is 20.1 Å². The van der Waals surface area contributed by atoms with Gasteiger partial charge in [-0.15, -0.1) is 0 Å². The van der Waals surface area contributed by atoms with Crippen LogP contribution in [0.25, 0.3) is 0 Å². The maximum atomic E-state index is 13.7. The van der Waals surface area contributed by atoms with Crippen LogP contribution in [0.1, 0.15) is 64.3 Å². The first-order valence-corrected chi connectivity index (χ1v) is 12.6. The molecule has 0 fully saturated rings. The van der Waals surface area contributed by atoms with Crippen molar-refractivity contribution in [2.75, 3.05) is 39.3 Å². The van der Waals surface area contributed by atoms with Gasteiger partial charge in [0.05, 0.1) is 14.2 Å². The molecule has 2 N–H and O–H groups in total. The zero-order valence-corrected chi connectivity index (χ0v) is 23.4. The lowest BCUT2D eigenvalue weighted by Gasteiger charge is -2.34. The molecule has 210 valence electrons. The summed E-state index contributed by atoms with van der Waals surface area (Å²) < 4.78 is 21.5. The van der Waals surface area contributed by atoms with Gasteiger partial charge in [-0.05, 0) is 47.1 Å². The molecule has 0 unspecified atom stereocenters. The van der Waals surface area contributed by atoms with E-state index in [1.807, 2.05) is 27.7 Å². The van der Waals surface area contributed by atoms with E-state index in [1.54, 1.807) is 31.2 Å². The molecule has 3 amide bonds. The summed E-state index contributed by atoms with van der Waals surface area (Å²) in [6.07, 6.45) is 0.272. The number of para-hydroxylation sites is 1. The fraction of sp³-hybridized carbons (Fsp3) is 0.556. The van der Waals surface area contributed by atoms with E-state index in [-0.39, 0.29) is 37.0 Å². The number of rotatable bonds is 14. The van der Waals surface area contributed by atoms with E-state index in [2.05, 4.69) is 15.8 Å². The van der Waals surface area contributed by atoms with Crippen molar-refractivity contribution in [1.29, 1.82) is 0 Å². The van der Waals surface area contributed by atoms with Gasteiger partial charge in [-0.3, -0.25) is 14.4 Å². The number of carbonyl (C=O) groups is 3. The van der Waals surface area contributed by atoms with Crippen LogP contribution in [0, 0.1) is 6.92 Å². The molecule has 0 aliphatic carbocycles. The van der Waals surface area contributed by atoms with Crippen LogP contribution in [0.5, 0.6) is 11.5 Å². The van der Waals surface area contributed by atoms with Crippen LogP contribution in [0.4, 0.5) is 5.82 Å². The molecule has 11 heteroatoms. The number of hydrogen-bond donors (Lipinski definition) is 2. The van der Waals surface area contributed by atoms with Crippen molar-refractivity contribution < 1.29 is 33.1 Å². The number of anilines is 1. The Balaban J connectivity index is 2.40. The Kier molecular flexibility index (Phi) is 11.6. The third-order valence-corrected chi connectivity index (χ3v) is 5.46. The number of benzene rings is 1. The summed E-state index contributed by atoms with van der Waals surface area (Å²) in [5.41, 5.74) is -0.0854. The Morgan fingerprint density at radius 2 is 1.87 bits per heavy atom. The first-order chi connectivity index (χ1) is 18.0. The molecule has 0 saturated heterocycles. The van der Waals surface area contributed by atoms with E-state index >= 15 is 0 Å². The van der Waals surface area contributed by atoms with E-state index in [9.17, 15) is 14.4 Å². The van der Waals surface area contributed by atoms with Gasteiger partial charge in [-0.1, -0.05) is 17.3 Å². The predicted molar refractivity (Wildman–Crippen MR) is 142 cm³/mol. The average Bonchev–Trinajstić information content (AvgIpc) is 3.26. The largest absolute Gasteiger partial charge is 0.493 e. The molecule has 0 spiro atoms. The Bertz CT molecular complexity index is 1080. The topological polar surface area (TPSA) is 132 Å². The molecule has 0 radical (unpaired) electrons. The molecule has 1 aromatic heterocycles. The number of hydrogen-bond acceptors (Lipinski definition) is 8. The van der Waals surface area contributed by atoms with Crippen molar-refractivity contribution in [3.63, 3.8) is 0 Å². The van der Waals surface area contributed by atoms with Gasteiger partial charge in [0, 0.05) is 49.8 Å². The SMILES string of the molecule is CCOCCCN(C(=O)CCC(=O)Nc1cc(C)on1)[C@@H](C(=O)NC(C)(C)C)c1cccc(OC)c1OC. The number of aromatic nitrogens is 1. The molecule has 0 bridgehead atoms. The molecule has 38 heavy (non-hydrogen) atoms. The summed E-state index contributed by atoms with van der Waals surface area (Å²) in [7, 11) is 2.99. The maximum Gasteiger partial charge on any atom is 0.247 e. The summed E-state index contributed by atoms with van der Waals surface area (Å²) in [5.74, 6) is 0.473. The molecular weight excluding hydrogens is 492 g/mol. The number of nitrogens with zero attached hydrogens (tertiary/aromatic N) is 2. The molecule has 0 aliphatic heterocycles. The second-order valence-corrected chi connectivity index (χ2v) is 9.73. The van der Waals surface area contributed by atoms with E-state index < -0.39 is 17.5 Å². The van der Waals surface area contributed by atoms with E-state index in [4.69, 9.17) is 18.7 Å². The molecule has 1 heterocycles. The third kappa shape index (κ3) is 9.05. The first-order valence-electron chi connectivity index (χ1n) is 12.6. The highest BCUT2D eigenvalue weighted by Gasteiger charge is 2.35. The van der Waals surface area contributed by atoms with E-state index in [0.717, 1.165) is 0 Å². The van der Waals surface area contributed by atoms with Crippen LogP contribution in [0.2, 0.25) is 0 Å². The lowest BCUT2D eigenvalue weighted by Crippen LogP contribution is -2.49. The molecule has 2 rings (SSSR count). The predicted octanol–water partition coefficient (Wildman–Crippen LogP) is 3.63. The van der Waals surface area contributed by atoms with Crippen LogP contribution in [0.15, 0.2) is 28.8 Å². The Labute approximate surface area is 224 Å². The van der Waals surface area contributed by atoms with Gasteiger partial charge in [0.2, 0.25) is 17.7 Å². The van der Waals surface area contributed by atoms with Crippen LogP contribution >= 0.6 is 0 Å². The number of methoxy groups -OCH3 is 2. The number of amides is 3. The second-order valence-electron chi connectivity index (χ2n) is 9.73. The average molecular weight is 533 g/mol. The van der Waals surface area contributed by atoms with Crippen molar-refractivity contribution in [3.8, 4) is 11.5 Å². The summed E-state index contributed by atoms with van der Waals surface area (Å²) in [5, 5.41) is 9.34. The Morgan fingerprint density at radius 1 is 1.13 bits per heavy atom. The summed E-state index contributed by atoms with van der Waals surface area (Å²) in [4.78, 5) is 41.3. The number of carbonyl (C=O) groups excluding carboxylic acids is 3. The van der Waals surface area contributed by atoms with Crippen LogP contribution in [0.3, 0.4) is 0 Å². The number of ether oxygens (including phenoxy) is 3. The first kappa shape index (κ1) is 30.6. The highest BCUT2D eigenvalue weighted by molar-refractivity contribution is 5.94. The fourth-order valence-electron chi connectivity index (χ4n) is 3.89. The lowest BCUT2D eigenvalue weighted by atomic mass is 9.99. The summed E-state index contributed by atoms with van der Waals surface area (Å²) in [6, 6.07) is 5.75. The maximum absolute atomic E-state index is 13.7. The van der Waals surface area contributed by atoms with Gasteiger partial charge in [0.25, 0.3) is 0 Å². The van der Waals surface area contributed by atoms with Crippen molar-refractivity contribution in [1.82, 2.24) is 15.4 Å². The molecule has 0 saturated carbocycles. The number of nitrogens with one attached hydrogen (secondary N) is 2. The molecule has 11 nitrogen and oxygen atoms in total. The highest BCUT2D eigenvalue weighted by atomic mass is 16.5. The Morgan fingerprint density at radius 3 is 2.45 bits per heavy atom. The van der Waals surface area contributed by atoms with Gasteiger partial charge >= 0.3 is 0 Å². The zero-order chi connectivity index (χ0) is 28.3. The zero-order valence-electron chi connectivity index (χ0n) is 23.4. The smallest absolute Gasteiger partial charge is 0.247 e. The summed E-state index contributed by atoms with van der Waals surface area (Å²) >= 11 is 0. The minimum absolute atomic E-state index is 0.102. The minimum Gasteiger partial charge on any atom is -0.493 e. The molecule has 1 aromatic carbocycles. The second kappa shape index (κ2) is 14.4. The number of aryl methyl sites for hydroxylation is 1.